The van der Waals surface area contributed by atoms with Crippen LogP contribution in [0.4, 0.5) is 0 Å². The number of fused-ring (bicyclic) bond motifs is 4. The number of amides is 1. The highest BCUT2D eigenvalue weighted by atomic mass is 32.2. The molecular weight excluding hydrogens is 721 g/mol. The standard InChI is InChI=1S/C34H20N12OS4/c35-9-16-18(11-37)31-41-29(14-5-1-2-6-14)43-45(31)22(16)33-48-24-20(13-39)25-27(21(28(40)47)26(24)50-33)51-34(49-25)23-17(10-36)19(12-38)32-42-30(44-46(23)32)15-7-3-4-8-15/h14-15H,1-8H2,(H2,40,47)/b33-22-,34-23+. The normalized spacial score (nSPS) is 19.2. The molecule has 0 unspecified atom stereocenters. The molecule has 246 valence electrons. The molecule has 2 aliphatic carbocycles. The average molecular weight is 741 g/mol. The molecule has 0 saturated heterocycles. The predicted octanol–water partition coefficient (Wildman–Crippen LogP) is 4.91. The van der Waals surface area contributed by atoms with Crippen molar-refractivity contribution in [2.75, 3.05) is 0 Å². The third-order valence-electron chi connectivity index (χ3n) is 9.82. The fourth-order valence-corrected chi connectivity index (χ4v) is 13.2. The summed E-state index contributed by atoms with van der Waals surface area (Å²) in [6.07, 6.45) is 8.13. The van der Waals surface area contributed by atoms with E-state index in [0.717, 1.165) is 51.4 Å². The highest BCUT2D eigenvalue weighted by Crippen LogP contribution is 2.63. The fourth-order valence-electron chi connectivity index (χ4n) is 7.47. The Morgan fingerprint density at radius 2 is 0.961 bits per heavy atom. The van der Waals surface area contributed by atoms with Crippen molar-refractivity contribution in [3.63, 3.8) is 0 Å². The first kappa shape index (κ1) is 31.7. The molecule has 2 aliphatic heterocycles. The molecule has 2 N–H and O–H groups in total. The minimum atomic E-state index is -0.707. The number of hydrogen-bond donors (Lipinski definition) is 1. The second-order valence-corrected chi connectivity index (χ2v) is 17.1. The van der Waals surface area contributed by atoms with Gasteiger partial charge in [-0.1, -0.05) is 72.7 Å². The lowest BCUT2D eigenvalue weighted by molar-refractivity contribution is 0.0993. The number of nitriles is 5. The van der Waals surface area contributed by atoms with Crippen molar-refractivity contribution < 1.29 is 4.79 Å². The van der Waals surface area contributed by atoms with Crippen LogP contribution in [0.2, 0.25) is 0 Å². The van der Waals surface area contributed by atoms with Crippen LogP contribution < -0.4 is 16.4 Å². The van der Waals surface area contributed by atoms with Gasteiger partial charge in [0.05, 0.1) is 19.6 Å². The first-order valence-corrected chi connectivity index (χ1v) is 19.4. The van der Waals surface area contributed by atoms with Gasteiger partial charge in [-0.2, -0.15) is 36.5 Å². The first-order valence-electron chi connectivity index (χ1n) is 16.1. The van der Waals surface area contributed by atoms with Crippen molar-refractivity contribution in [1.82, 2.24) is 29.2 Å². The van der Waals surface area contributed by atoms with E-state index in [0.29, 0.717) is 67.3 Å². The lowest BCUT2D eigenvalue weighted by Gasteiger charge is -2.10. The van der Waals surface area contributed by atoms with E-state index in [1.54, 1.807) is 9.03 Å². The number of nitrogens with zero attached hydrogens (tertiary/aromatic N) is 11. The van der Waals surface area contributed by atoms with E-state index in [2.05, 4.69) is 30.3 Å². The first-order chi connectivity index (χ1) is 24.9. The summed E-state index contributed by atoms with van der Waals surface area (Å²) < 4.78 is 4.26. The Morgan fingerprint density at radius 3 is 1.31 bits per heavy atom. The van der Waals surface area contributed by atoms with Crippen LogP contribution in [0.3, 0.4) is 0 Å². The third-order valence-corrected chi connectivity index (χ3v) is 15.0. The summed E-state index contributed by atoms with van der Waals surface area (Å²) in [4.78, 5) is 24.7. The largest absolute Gasteiger partial charge is 0.366 e. The van der Waals surface area contributed by atoms with Gasteiger partial charge in [-0.25, -0.2) is 19.0 Å². The van der Waals surface area contributed by atoms with E-state index in [-0.39, 0.29) is 39.7 Å². The minimum absolute atomic E-state index is 0.127. The van der Waals surface area contributed by atoms with Gasteiger partial charge >= 0.3 is 0 Å². The van der Waals surface area contributed by atoms with Crippen LogP contribution in [-0.4, -0.2) is 35.1 Å². The number of carbonyl (C=O) groups excluding carboxylic acids is 1. The molecule has 0 bridgehead atoms. The van der Waals surface area contributed by atoms with Gasteiger partial charge < -0.3 is 5.73 Å². The third kappa shape index (κ3) is 4.51. The molecule has 2 fully saturated rings. The van der Waals surface area contributed by atoms with Gasteiger partial charge in [0.25, 0.3) is 5.91 Å². The van der Waals surface area contributed by atoms with Gasteiger partial charge in [-0.3, -0.25) is 4.79 Å². The molecule has 0 spiro atoms. The van der Waals surface area contributed by atoms with Gasteiger partial charge in [0, 0.05) is 31.4 Å². The molecule has 17 heteroatoms. The molecule has 1 amide bonds. The minimum Gasteiger partial charge on any atom is -0.366 e. The van der Waals surface area contributed by atoms with Gasteiger partial charge in [0.15, 0.2) is 22.9 Å². The van der Waals surface area contributed by atoms with Crippen molar-refractivity contribution in [3.05, 3.63) is 55.7 Å². The summed E-state index contributed by atoms with van der Waals surface area (Å²) in [7, 11) is 0. The maximum atomic E-state index is 13.3. The molecule has 13 nitrogen and oxygen atoms in total. The molecule has 4 aromatic heterocycles. The lowest BCUT2D eigenvalue weighted by Crippen LogP contribution is -2.16. The topological polar surface area (TPSA) is 222 Å². The number of primary amides is 1. The summed E-state index contributed by atoms with van der Waals surface area (Å²) in [5.41, 5.74) is 7.74. The fraction of sp³-hybridized carbons (Fsp3) is 0.294. The van der Waals surface area contributed by atoms with E-state index in [1.165, 1.54) is 47.0 Å². The van der Waals surface area contributed by atoms with Gasteiger partial charge in [-0.05, 0) is 25.7 Å². The molecule has 5 aromatic rings. The summed E-state index contributed by atoms with van der Waals surface area (Å²) in [5, 5.41) is 61.6. The predicted molar refractivity (Wildman–Crippen MR) is 188 cm³/mol. The zero-order valence-corrected chi connectivity index (χ0v) is 29.6. The number of carbonyl (C=O) groups is 1. The van der Waals surface area contributed by atoms with Crippen molar-refractivity contribution in [1.29, 1.82) is 26.3 Å². The quantitative estimate of drug-likeness (QED) is 0.260. The van der Waals surface area contributed by atoms with E-state index < -0.39 is 5.91 Å². The summed E-state index contributed by atoms with van der Waals surface area (Å²) in [5.74, 6) is 0.928. The molecule has 1 aromatic carbocycles. The van der Waals surface area contributed by atoms with Gasteiger partial charge in [-0.15, -0.1) is 0 Å². The maximum absolute atomic E-state index is 13.3. The molecule has 0 atom stereocenters. The number of aromatic nitrogens is 6. The molecular formula is C34H20N12OS4. The van der Waals surface area contributed by atoms with Crippen LogP contribution in [-0.2, 0) is 0 Å². The Balaban J connectivity index is 1.24. The Kier molecular flexibility index (Phi) is 7.43. The van der Waals surface area contributed by atoms with Crippen molar-refractivity contribution >= 4 is 72.7 Å². The average Bonchev–Trinajstić information content (AvgIpc) is 3.97. The van der Waals surface area contributed by atoms with E-state index in [4.69, 9.17) is 25.9 Å². The smallest absolute Gasteiger partial charge is 0.251 e. The Hall–Kier alpha value is -5.22. The van der Waals surface area contributed by atoms with Crippen LogP contribution >= 0.6 is 47.0 Å². The number of thioether (sulfide) groups is 4. The van der Waals surface area contributed by atoms with Crippen molar-refractivity contribution in [2.45, 2.75) is 82.8 Å². The molecule has 9 rings (SSSR count). The second kappa shape index (κ2) is 11.9. The van der Waals surface area contributed by atoms with Gasteiger partial charge in [0.2, 0.25) is 0 Å². The Morgan fingerprint density at radius 1 is 0.588 bits per heavy atom. The monoisotopic (exact) mass is 740 g/mol. The van der Waals surface area contributed by atoms with E-state index in [1.807, 2.05) is 0 Å². The number of benzene rings is 1. The number of nitrogens with two attached hydrogens (primary N) is 1. The maximum Gasteiger partial charge on any atom is 0.251 e. The van der Waals surface area contributed by atoms with Crippen LogP contribution in [0.15, 0.2) is 19.6 Å². The SMILES string of the molecule is N#Cc1c2c(c(C(N)=O)c3c1S/C(=c1/c(C#N)c(C#N)c4nc(C5CCCC5)nn14)S3)S/C(=c1/c(C#N)c(C#N)c3nc(C4CCCC4)nn13)S2. The summed E-state index contributed by atoms with van der Waals surface area (Å²) in [6, 6.07) is 11.0. The zero-order valence-electron chi connectivity index (χ0n) is 26.3. The highest BCUT2D eigenvalue weighted by Gasteiger charge is 2.39. The highest BCUT2D eigenvalue weighted by molar-refractivity contribution is 8.33. The number of rotatable bonds is 3. The molecule has 0 radical (unpaired) electrons. The summed E-state index contributed by atoms with van der Waals surface area (Å²) >= 11 is 4.86. The molecule has 2 saturated carbocycles. The van der Waals surface area contributed by atoms with Gasteiger partial charge in [0.1, 0.15) is 63.3 Å². The lowest BCUT2D eigenvalue weighted by atomic mass is 10.1. The molecule has 51 heavy (non-hydrogen) atoms. The summed E-state index contributed by atoms with van der Waals surface area (Å²) in [6.45, 7) is 0. The molecule has 4 aliphatic rings. The Bertz CT molecular complexity index is 2600. The Labute approximate surface area is 306 Å². The van der Waals surface area contributed by atoms with Crippen LogP contribution in [0.1, 0.15) is 113 Å². The second-order valence-electron chi connectivity index (χ2n) is 12.5. The van der Waals surface area contributed by atoms with Crippen molar-refractivity contribution in [2.24, 2.45) is 5.73 Å². The number of hydrogen-bond acceptors (Lipinski definition) is 14. The van der Waals surface area contributed by atoms with Crippen LogP contribution in [0, 0.1) is 56.7 Å². The van der Waals surface area contributed by atoms with Crippen LogP contribution in [0.25, 0.3) is 19.8 Å². The molecule has 6 heterocycles. The van der Waals surface area contributed by atoms with Crippen LogP contribution in [0.5, 0.6) is 0 Å². The van der Waals surface area contributed by atoms with E-state index >= 15 is 0 Å². The zero-order chi connectivity index (χ0) is 35.1. The van der Waals surface area contributed by atoms with Crippen molar-refractivity contribution in [3.8, 4) is 30.3 Å². The van der Waals surface area contributed by atoms with E-state index in [9.17, 15) is 31.1 Å².